The van der Waals surface area contributed by atoms with Crippen LogP contribution in [0.2, 0.25) is 0 Å². The Morgan fingerprint density at radius 1 is 1.64 bits per heavy atom. The minimum absolute atomic E-state index is 0.134. The van der Waals surface area contributed by atoms with Crippen LogP contribution >= 0.6 is 12.2 Å². The van der Waals surface area contributed by atoms with Gasteiger partial charge in [-0.25, -0.2) is 9.10 Å². The molecule has 82 valence electrons. The van der Waals surface area contributed by atoms with Crippen molar-refractivity contribution in [3.05, 3.63) is 0 Å². The summed E-state index contributed by atoms with van der Waals surface area (Å²) in [6.07, 6.45) is 0.568. The Labute approximate surface area is 89.3 Å². The minimum atomic E-state index is -0.446. The maximum absolute atomic E-state index is 11.6. The summed E-state index contributed by atoms with van der Waals surface area (Å²) < 4.78 is 11.9. The number of amides is 1. The molecule has 1 amide bonds. The van der Waals surface area contributed by atoms with Crippen molar-refractivity contribution in [2.24, 2.45) is 0 Å². The summed E-state index contributed by atoms with van der Waals surface area (Å²) in [6, 6.07) is 0.134. The second-order valence-electron chi connectivity index (χ2n) is 4.23. The average molecular weight is 219 g/mol. The molecule has 1 aliphatic heterocycles. The number of carbonyl (C=O) groups excluding carboxylic acids is 1. The van der Waals surface area contributed by atoms with Gasteiger partial charge in [0.05, 0.1) is 12.6 Å². The van der Waals surface area contributed by atoms with Gasteiger partial charge in [-0.2, -0.15) is 0 Å². The molecule has 14 heavy (non-hydrogen) atoms. The van der Waals surface area contributed by atoms with E-state index < -0.39 is 5.60 Å². The van der Waals surface area contributed by atoms with Crippen molar-refractivity contribution in [2.45, 2.75) is 45.8 Å². The highest BCUT2D eigenvalue weighted by Gasteiger charge is 2.33. The fourth-order valence-corrected chi connectivity index (χ4v) is 1.83. The van der Waals surface area contributed by atoms with Crippen molar-refractivity contribution in [3.8, 4) is 0 Å². The van der Waals surface area contributed by atoms with E-state index in [2.05, 4.69) is 0 Å². The van der Waals surface area contributed by atoms with Gasteiger partial charge in [-0.3, -0.25) is 4.18 Å². The molecule has 1 rings (SSSR count). The summed E-state index contributed by atoms with van der Waals surface area (Å²) in [5.74, 6) is 0. The molecule has 0 N–H and O–H groups in total. The molecule has 0 aliphatic carbocycles. The lowest BCUT2D eigenvalue weighted by molar-refractivity contribution is 0.0366. The molecule has 1 aliphatic rings. The normalized spacial score (nSPS) is 22.6. The van der Waals surface area contributed by atoms with Crippen LogP contribution in [0.5, 0.6) is 0 Å². The van der Waals surface area contributed by atoms with Crippen LogP contribution in [-0.4, -0.2) is 28.6 Å². The molecule has 5 heteroatoms. The summed E-state index contributed by atoms with van der Waals surface area (Å²) in [4.78, 5) is 11.6. The lowest BCUT2D eigenvalue weighted by atomic mass is 10.2. The van der Waals surface area contributed by atoms with Crippen molar-refractivity contribution in [3.63, 3.8) is 0 Å². The van der Waals surface area contributed by atoms with Gasteiger partial charge in [-0.05, 0) is 27.2 Å². The molecule has 0 saturated carbocycles. The van der Waals surface area contributed by atoms with Gasteiger partial charge in [0.25, 0.3) is 0 Å². The lowest BCUT2D eigenvalue weighted by Gasteiger charge is -2.25. The highest BCUT2D eigenvalue weighted by molar-refractivity contribution is 7.93. The van der Waals surface area contributed by atoms with Crippen molar-refractivity contribution in [1.29, 1.82) is 0 Å². The molecular weight excluding hydrogens is 202 g/mol. The Morgan fingerprint density at radius 3 is 2.79 bits per heavy atom. The van der Waals surface area contributed by atoms with E-state index >= 15 is 0 Å². The van der Waals surface area contributed by atoms with Gasteiger partial charge in [-0.15, -0.1) is 0 Å². The van der Waals surface area contributed by atoms with Gasteiger partial charge in [0, 0.05) is 0 Å². The molecule has 0 aromatic carbocycles. The number of hydrogen-bond acceptors (Lipinski definition) is 4. The molecule has 0 spiro atoms. The van der Waals surface area contributed by atoms with Gasteiger partial charge in [-0.1, -0.05) is 6.92 Å². The Bertz CT molecular complexity index is 215. The number of nitrogens with zero attached hydrogens (tertiary/aromatic N) is 1. The molecule has 1 fully saturated rings. The molecule has 1 heterocycles. The van der Waals surface area contributed by atoms with Crippen LogP contribution in [0.15, 0.2) is 0 Å². The van der Waals surface area contributed by atoms with E-state index in [1.807, 2.05) is 27.7 Å². The Morgan fingerprint density at radius 2 is 2.29 bits per heavy atom. The van der Waals surface area contributed by atoms with Crippen LogP contribution in [0.1, 0.15) is 34.1 Å². The van der Waals surface area contributed by atoms with E-state index in [4.69, 9.17) is 8.92 Å². The third-order valence-corrected chi connectivity index (χ3v) is 2.62. The van der Waals surface area contributed by atoms with E-state index in [1.165, 1.54) is 0 Å². The Hall–Kier alpha value is -0.420. The second-order valence-corrected chi connectivity index (χ2v) is 5.01. The molecule has 0 aromatic rings. The first-order valence-electron chi connectivity index (χ1n) is 4.76. The maximum Gasteiger partial charge on any atom is 0.422 e. The zero-order chi connectivity index (χ0) is 10.8. The largest absolute Gasteiger partial charge is 0.443 e. The third kappa shape index (κ3) is 3.06. The van der Waals surface area contributed by atoms with Crippen LogP contribution in [0.4, 0.5) is 4.79 Å². The number of ether oxygens (including phenoxy) is 1. The fourth-order valence-electron chi connectivity index (χ4n) is 1.06. The van der Waals surface area contributed by atoms with Crippen LogP contribution in [-0.2, 0) is 8.92 Å². The van der Waals surface area contributed by atoms with Crippen LogP contribution in [0.25, 0.3) is 0 Å². The summed E-state index contributed by atoms with van der Waals surface area (Å²) in [7, 11) is 0. The molecule has 0 radical (unpaired) electrons. The highest BCUT2D eigenvalue weighted by Crippen LogP contribution is 2.28. The molecule has 1 saturated heterocycles. The SMILES string of the molecule is CCC1COSN1C(=O)OC(C)(C)C. The van der Waals surface area contributed by atoms with E-state index in [1.54, 1.807) is 4.31 Å². The van der Waals surface area contributed by atoms with Gasteiger partial charge < -0.3 is 4.74 Å². The zero-order valence-corrected chi connectivity index (χ0v) is 9.89. The van der Waals surface area contributed by atoms with Gasteiger partial charge in [0.2, 0.25) is 0 Å². The molecule has 0 aromatic heterocycles. The van der Waals surface area contributed by atoms with Gasteiger partial charge in [0.15, 0.2) is 0 Å². The second kappa shape index (κ2) is 4.40. The van der Waals surface area contributed by atoms with E-state index in [9.17, 15) is 4.79 Å². The molecule has 4 nitrogen and oxygen atoms in total. The zero-order valence-electron chi connectivity index (χ0n) is 9.07. The molecular formula is C9H17NO3S. The van der Waals surface area contributed by atoms with E-state index in [0.717, 1.165) is 18.6 Å². The lowest BCUT2D eigenvalue weighted by Crippen LogP contribution is -2.36. The molecule has 1 unspecified atom stereocenters. The monoisotopic (exact) mass is 219 g/mol. The molecule has 0 bridgehead atoms. The fraction of sp³-hybridized carbons (Fsp3) is 0.889. The highest BCUT2D eigenvalue weighted by atomic mass is 32.2. The third-order valence-electron chi connectivity index (χ3n) is 1.77. The van der Waals surface area contributed by atoms with Gasteiger partial charge in [0.1, 0.15) is 17.8 Å². The Balaban J connectivity index is 2.52. The summed E-state index contributed by atoms with van der Waals surface area (Å²) in [6.45, 7) is 8.17. The quantitative estimate of drug-likeness (QED) is 0.502. The minimum Gasteiger partial charge on any atom is -0.443 e. The molecule has 1 atom stereocenters. The maximum atomic E-state index is 11.6. The number of hydrogen-bond donors (Lipinski definition) is 0. The van der Waals surface area contributed by atoms with Crippen molar-refractivity contribution in [2.75, 3.05) is 6.61 Å². The summed E-state index contributed by atoms with van der Waals surface area (Å²) in [5.41, 5.74) is -0.446. The standard InChI is InChI=1S/C9H17NO3S/c1-5-7-6-12-14-10(7)8(11)13-9(2,3)4/h7H,5-6H2,1-4H3. The predicted octanol–water partition coefficient (Wildman–Crippen LogP) is 2.60. The van der Waals surface area contributed by atoms with Crippen molar-refractivity contribution >= 4 is 18.3 Å². The average Bonchev–Trinajstić information content (AvgIpc) is 2.47. The van der Waals surface area contributed by atoms with Crippen LogP contribution < -0.4 is 0 Å². The predicted molar refractivity (Wildman–Crippen MR) is 55.7 cm³/mol. The smallest absolute Gasteiger partial charge is 0.422 e. The van der Waals surface area contributed by atoms with Crippen LogP contribution in [0.3, 0.4) is 0 Å². The Kier molecular flexibility index (Phi) is 3.66. The number of rotatable bonds is 1. The first-order chi connectivity index (χ1) is 6.44. The number of carbonyl (C=O) groups is 1. The van der Waals surface area contributed by atoms with Crippen molar-refractivity contribution in [1.82, 2.24) is 4.31 Å². The summed E-state index contributed by atoms with van der Waals surface area (Å²) >= 11 is 1.08. The first kappa shape index (κ1) is 11.7. The van der Waals surface area contributed by atoms with Crippen LogP contribution in [0, 0.1) is 0 Å². The van der Waals surface area contributed by atoms with E-state index in [-0.39, 0.29) is 12.1 Å². The van der Waals surface area contributed by atoms with Crippen molar-refractivity contribution < 1.29 is 13.7 Å². The van der Waals surface area contributed by atoms with Gasteiger partial charge >= 0.3 is 6.09 Å². The summed E-state index contributed by atoms with van der Waals surface area (Å²) in [5, 5.41) is 0. The first-order valence-corrected chi connectivity index (χ1v) is 5.45. The van der Waals surface area contributed by atoms with E-state index in [0.29, 0.717) is 6.61 Å². The topological polar surface area (TPSA) is 38.8 Å².